The minimum atomic E-state index is -0.772. The van der Waals surface area contributed by atoms with Crippen molar-refractivity contribution in [3.05, 3.63) is 41.6 Å². The Morgan fingerprint density at radius 2 is 2.06 bits per heavy atom. The first-order valence-electron chi connectivity index (χ1n) is 4.69. The fraction of sp³-hybridized carbons (Fsp3) is 0. The van der Waals surface area contributed by atoms with Crippen LogP contribution in [0.2, 0.25) is 5.02 Å². The van der Waals surface area contributed by atoms with Gasteiger partial charge in [0.2, 0.25) is 5.88 Å². The summed E-state index contributed by atoms with van der Waals surface area (Å²) in [5.74, 6) is 5.04. The van der Waals surface area contributed by atoms with E-state index in [0.717, 1.165) is 5.69 Å². The Morgan fingerprint density at radius 3 is 2.71 bits per heavy atom. The Morgan fingerprint density at radius 1 is 1.35 bits per heavy atom. The summed E-state index contributed by atoms with van der Waals surface area (Å²) in [4.78, 5) is 10.8. The molecule has 17 heavy (non-hydrogen) atoms. The van der Waals surface area contributed by atoms with E-state index in [1.54, 1.807) is 41.2 Å². The van der Waals surface area contributed by atoms with Crippen LogP contribution in [0.15, 0.2) is 36.5 Å². The zero-order valence-electron chi connectivity index (χ0n) is 8.63. The zero-order chi connectivity index (χ0) is 12.3. The lowest BCUT2D eigenvalue weighted by molar-refractivity contribution is 0.198. The molecule has 0 aliphatic rings. The minimum Gasteiger partial charge on any atom is -0.389 e. The van der Waals surface area contributed by atoms with Crippen molar-refractivity contribution in [3.63, 3.8) is 0 Å². The second-order valence-electron chi connectivity index (χ2n) is 3.11. The highest BCUT2D eigenvalue weighted by Crippen LogP contribution is 2.15. The number of carbonyl (C=O) groups is 1. The smallest absolute Gasteiger partial charge is 0.389 e. The molecule has 7 heteroatoms. The fourth-order valence-electron chi connectivity index (χ4n) is 1.22. The summed E-state index contributed by atoms with van der Waals surface area (Å²) in [6.45, 7) is 0. The average molecular weight is 253 g/mol. The lowest BCUT2D eigenvalue weighted by Crippen LogP contribution is -2.32. The number of ether oxygens (including phenoxy) is 1. The van der Waals surface area contributed by atoms with E-state index in [1.165, 1.54) is 0 Å². The Hall–Kier alpha value is -2.05. The molecule has 0 radical (unpaired) electrons. The number of aromatic nitrogens is 2. The van der Waals surface area contributed by atoms with E-state index >= 15 is 0 Å². The normalized spacial score (nSPS) is 10.0. The topological polar surface area (TPSA) is 82.2 Å². The monoisotopic (exact) mass is 252 g/mol. The second-order valence-corrected chi connectivity index (χ2v) is 3.55. The third kappa shape index (κ3) is 2.74. The molecular weight excluding hydrogens is 244 g/mol. The number of nitrogens with two attached hydrogens (primary N) is 1. The van der Waals surface area contributed by atoms with E-state index < -0.39 is 6.09 Å². The molecule has 0 aliphatic heterocycles. The van der Waals surface area contributed by atoms with Crippen LogP contribution in [0.5, 0.6) is 5.88 Å². The highest BCUT2D eigenvalue weighted by atomic mass is 35.5. The van der Waals surface area contributed by atoms with Gasteiger partial charge >= 0.3 is 6.09 Å². The molecular formula is C10H9ClN4O2. The Kier molecular flexibility index (Phi) is 3.27. The number of hydrogen-bond acceptors (Lipinski definition) is 4. The van der Waals surface area contributed by atoms with Crippen molar-refractivity contribution in [2.45, 2.75) is 0 Å². The molecule has 0 spiro atoms. The van der Waals surface area contributed by atoms with Crippen molar-refractivity contribution >= 4 is 17.7 Å². The van der Waals surface area contributed by atoms with Gasteiger partial charge in [-0.3, -0.25) is 5.43 Å². The van der Waals surface area contributed by atoms with Gasteiger partial charge in [-0.15, -0.1) is 5.10 Å². The van der Waals surface area contributed by atoms with E-state index in [1.807, 2.05) is 5.43 Å². The maximum Gasteiger partial charge on any atom is 0.428 e. The van der Waals surface area contributed by atoms with Gasteiger partial charge in [0.15, 0.2) is 0 Å². The number of carbonyl (C=O) groups excluding carboxylic acids is 1. The number of nitrogens with one attached hydrogen (secondary N) is 1. The van der Waals surface area contributed by atoms with Gasteiger partial charge in [0.25, 0.3) is 0 Å². The molecule has 1 aromatic carbocycles. The van der Waals surface area contributed by atoms with Crippen LogP contribution in [0, 0.1) is 0 Å². The molecule has 0 bridgehead atoms. The second kappa shape index (κ2) is 4.86. The molecule has 0 aliphatic carbocycles. The van der Waals surface area contributed by atoms with Gasteiger partial charge in [-0.25, -0.2) is 15.3 Å². The molecule has 1 amide bonds. The standard InChI is InChI=1S/C10H9ClN4O2/c11-7-1-3-8(4-2-7)15-6-5-9(14-15)17-10(16)13-12/h1-6H,12H2,(H,13,16). The van der Waals surface area contributed by atoms with Crippen LogP contribution in [0.25, 0.3) is 5.69 Å². The summed E-state index contributed by atoms with van der Waals surface area (Å²) in [6.07, 6.45) is 0.883. The van der Waals surface area contributed by atoms with Gasteiger partial charge in [-0.2, -0.15) is 0 Å². The van der Waals surface area contributed by atoms with Crippen LogP contribution < -0.4 is 16.0 Å². The van der Waals surface area contributed by atoms with Crippen molar-refractivity contribution in [2.24, 2.45) is 5.84 Å². The molecule has 6 nitrogen and oxygen atoms in total. The molecule has 1 heterocycles. The summed E-state index contributed by atoms with van der Waals surface area (Å²) in [5, 5.41) is 4.67. The van der Waals surface area contributed by atoms with Gasteiger partial charge in [-0.1, -0.05) is 11.6 Å². The predicted octanol–water partition coefficient (Wildman–Crippen LogP) is 1.49. The van der Waals surface area contributed by atoms with E-state index in [2.05, 4.69) is 5.10 Å². The van der Waals surface area contributed by atoms with Gasteiger partial charge in [0, 0.05) is 17.3 Å². The van der Waals surface area contributed by atoms with Crippen LogP contribution in [0.4, 0.5) is 4.79 Å². The van der Waals surface area contributed by atoms with Crippen LogP contribution in [0.1, 0.15) is 0 Å². The Balaban J connectivity index is 2.18. The zero-order valence-corrected chi connectivity index (χ0v) is 9.39. The molecule has 2 rings (SSSR count). The van der Waals surface area contributed by atoms with E-state index in [4.69, 9.17) is 22.2 Å². The number of hydrazine groups is 1. The van der Waals surface area contributed by atoms with Crippen LogP contribution in [-0.4, -0.2) is 15.9 Å². The van der Waals surface area contributed by atoms with E-state index in [9.17, 15) is 4.79 Å². The quantitative estimate of drug-likeness (QED) is 0.482. The van der Waals surface area contributed by atoms with E-state index in [-0.39, 0.29) is 5.88 Å². The number of rotatable bonds is 2. The van der Waals surface area contributed by atoms with Crippen molar-refractivity contribution in [3.8, 4) is 11.6 Å². The van der Waals surface area contributed by atoms with Crippen LogP contribution in [-0.2, 0) is 0 Å². The minimum absolute atomic E-state index is 0.155. The highest BCUT2D eigenvalue weighted by molar-refractivity contribution is 6.30. The van der Waals surface area contributed by atoms with Crippen molar-refractivity contribution in [1.29, 1.82) is 0 Å². The number of hydrogen-bond donors (Lipinski definition) is 2. The maximum absolute atomic E-state index is 10.8. The van der Waals surface area contributed by atoms with Crippen molar-refractivity contribution in [2.75, 3.05) is 0 Å². The molecule has 0 fully saturated rings. The van der Waals surface area contributed by atoms with Gasteiger partial charge in [-0.05, 0) is 24.3 Å². The average Bonchev–Trinajstić information content (AvgIpc) is 2.78. The van der Waals surface area contributed by atoms with Gasteiger partial charge < -0.3 is 4.74 Å². The number of amides is 1. The molecule has 0 unspecified atom stereocenters. The third-order valence-electron chi connectivity index (χ3n) is 1.97. The summed E-state index contributed by atoms with van der Waals surface area (Å²) in [7, 11) is 0. The van der Waals surface area contributed by atoms with Crippen molar-refractivity contribution < 1.29 is 9.53 Å². The summed E-state index contributed by atoms with van der Waals surface area (Å²) in [5.41, 5.74) is 2.65. The lowest BCUT2D eigenvalue weighted by Gasteiger charge is -2.01. The van der Waals surface area contributed by atoms with Gasteiger partial charge in [0.1, 0.15) is 0 Å². The number of halogens is 1. The summed E-state index contributed by atoms with van der Waals surface area (Å²) >= 11 is 5.77. The Bertz CT molecular complexity index is 523. The molecule has 3 N–H and O–H groups in total. The number of benzene rings is 1. The molecule has 0 saturated carbocycles. The number of nitrogens with zero attached hydrogens (tertiary/aromatic N) is 2. The summed E-state index contributed by atoms with van der Waals surface area (Å²) in [6, 6.07) is 8.62. The first kappa shape index (κ1) is 11.4. The predicted molar refractivity (Wildman–Crippen MR) is 61.9 cm³/mol. The Labute approximate surface area is 102 Å². The van der Waals surface area contributed by atoms with Crippen molar-refractivity contribution in [1.82, 2.24) is 15.2 Å². The maximum atomic E-state index is 10.8. The molecule has 1 aromatic heterocycles. The summed E-state index contributed by atoms with van der Waals surface area (Å²) < 4.78 is 6.31. The molecule has 2 aromatic rings. The van der Waals surface area contributed by atoms with Crippen LogP contribution >= 0.6 is 11.6 Å². The highest BCUT2D eigenvalue weighted by Gasteiger charge is 2.06. The lowest BCUT2D eigenvalue weighted by atomic mass is 10.3. The fourth-order valence-corrected chi connectivity index (χ4v) is 1.35. The largest absolute Gasteiger partial charge is 0.428 e. The molecule has 0 atom stereocenters. The van der Waals surface area contributed by atoms with E-state index in [0.29, 0.717) is 5.02 Å². The first-order chi connectivity index (χ1) is 8.19. The molecule has 0 saturated heterocycles. The first-order valence-corrected chi connectivity index (χ1v) is 5.07. The molecule has 88 valence electrons. The van der Waals surface area contributed by atoms with Gasteiger partial charge in [0.05, 0.1) is 5.69 Å². The SMILES string of the molecule is NNC(=O)Oc1ccn(-c2ccc(Cl)cc2)n1. The van der Waals surface area contributed by atoms with Crippen LogP contribution in [0.3, 0.4) is 0 Å². The third-order valence-corrected chi connectivity index (χ3v) is 2.22.